The molecule has 0 saturated heterocycles. The van der Waals surface area contributed by atoms with E-state index in [0.29, 0.717) is 17.1 Å². The van der Waals surface area contributed by atoms with E-state index in [-0.39, 0.29) is 5.91 Å². The van der Waals surface area contributed by atoms with Gasteiger partial charge in [0.1, 0.15) is 11.1 Å². The number of anilines is 1. The van der Waals surface area contributed by atoms with E-state index >= 15 is 0 Å². The van der Waals surface area contributed by atoms with E-state index in [1.807, 2.05) is 11.4 Å². The molecule has 2 heterocycles. The number of nitriles is 1. The van der Waals surface area contributed by atoms with E-state index in [0.717, 1.165) is 19.5 Å². The second kappa shape index (κ2) is 7.23. The highest BCUT2D eigenvalue weighted by Crippen LogP contribution is 2.21. The number of quaternary nitrogens is 1. The quantitative estimate of drug-likeness (QED) is 0.903. The molecule has 1 aromatic heterocycles. The van der Waals surface area contributed by atoms with Gasteiger partial charge in [-0.05, 0) is 28.7 Å². The smallest absolute Gasteiger partial charge is 0.280 e. The molecule has 116 valence electrons. The first-order valence-corrected chi connectivity index (χ1v) is 8.49. The first-order chi connectivity index (χ1) is 11.3. The van der Waals surface area contributed by atoms with E-state index in [9.17, 15) is 4.79 Å². The minimum atomic E-state index is -0.0319. The van der Waals surface area contributed by atoms with Gasteiger partial charge in [0.25, 0.3) is 5.91 Å². The molecule has 0 bridgehead atoms. The number of benzene rings is 1. The largest absolute Gasteiger partial charge is 0.324 e. The molecule has 1 amide bonds. The third kappa shape index (κ3) is 3.86. The lowest BCUT2D eigenvalue weighted by Gasteiger charge is -2.23. The van der Waals surface area contributed by atoms with Crippen molar-refractivity contribution in [3.8, 4) is 6.07 Å². The van der Waals surface area contributed by atoms with Crippen molar-refractivity contribution >= 4 is 27.8 Å². The molecular formula is C18H18N3OS+. The Bertz CT molecular complexity index is 758. The van der Waals surface area contributed by atoms with Gasteiger partial charge in [-0.1, -0.05) is 30.3 Å². The first kappa shape index (κ1) is 15.5. The number of rotatable bonds is 4. The fourth-order valence-electron chi connectivity index (χ4n) is 2.75. The molecule has 2 N–H and O–H groups in total. The van der Waals surface area contributed by atoms with Crippen LogP contribution in [0.2, 0.25) is 0 Å². The maximum Gasteiger partial charge on any atom is 0.280 e. The number of carbonyl (C=O) groups excluding carboxylic acids is 1. The van der Waals surface area contributed by atoms with Crippen LogP contribution in [0, 0.1) is 11.3 Å². The summed E-state index contributed by atoms with van der Waals surface area (Å²) in [6.07, 6.45) is 3.21. The Balaban J connectivity index is 1.55. The molecule has 1 unspecified atom stereocenters. The average Bonchev–Trinajstić information content (AvgIpc) is 3.03. The van der Waals surface area contributed by atoms with Gasteiger partial charge in [0.15, 0.2) is 6.54 Å². The molecule has 0 spiro atoms. The lowest BCUT2D eigenvalue weighted by atomic mass is 10.00. The summed E-state index contributed by atoms with van der Waals surface area (Å²) in [7, 11) is 0. The second-order valence-electron chi connectivity index (χ2n) is 5.55. The molecule has 5 heteroatoms. The van der Waals surface area contributed by atoms with Gasteiger partial charge in [0.2, 0.25) is 0 Å². The van der Waals surface area contributed by atoms with E-state index in [1.54, 1.807) is 6.07 Å². The summed E-state index contributed by atoms with van der Waals surface area (Å²) >= 11 is 1.39. The molecule has 0 radical (unpaired) electrons. The molecule has 2 aromatic rings. The number of carbonyl (C=O) groups is 1. The van der Waals surface area contributed by atoms with Crippen LogP contribution in [0.4, 0.5) is 5.00 Å². The van der Waals surface area contributed by atoms with Crippen LogP contribution in [0.25, 0.3) is 5.57 Å². The Kier molecular flexibility index (Phi) is 4.86. The highest BCUT2D eigenvalue weighted by molar-refractivity contribution is 7.14. The highest BCUT2D eigenvalue weighted by Gasteiger charge is 2.19. The van der Waals surface area contributed by atoms with Gasteiger partial charge in [-0.15, -0.1) is 11.3 Å². The number of nitrogens with one attached hydrogen (secondary N) is 2. The number of hydrogen-bond donors (Lipinski definition) is 2. The maximum absolute atomic E-state index is 12.1. The van der Waals surface area contributed by atoms with E-state index in [1.165, 1.54) is 27.4 Å². The Morgan fingerprint density at radius 2 is 2.13 bits per heavy atom. The van der Waals surface area contributed by atoms with Crippen molar-refractivity contribution in [2.75, 3.05) is 25.0 Å². The van der Waals surface area contributed by atoms with Gasteiger partial charge in [-0.3, -0.25) is 4.79 Å². The van der Waals surface area contributed by atoms with Crippen molar-refractivity contribution in [3.63, 3.8) is 0 Å². The fourth-order valence-corrected chi connectivity index (χ4v) is 3.50. The van der Waals surface area contributed by atoms with Gasteiger partial charge in [-0.25, -0.2) is 0 Å². The molecule has 23 heavy (non-hydrogen) atoms. The summed E-state index contributed by atoms with van der Waals surface area (Å²) in [6.45, 7) is 2.23. The van der Waals surface area contributed by atoms with Crippen molar-refractivity contribution in [2.24, 2.45) is 0 Å². The molecule has 3 rings (SSSR count). The van der Waals surface area contributed by atoms with Gasteiger partial charge in [-0.2, -0.15) is 5.26 Å². The van der Waals surface area contributed by atoms with E-state index in [4.69, 9.17) is 5.26 Å². The number of hydrogen-bond acceptors (Lipinski definition) is 3. The lowest BCUT2D eigenvalue weighted by molar-refractivity contribution is -0.886. The predicted octanol–water partition coefficient (Wildman–Crippen LogP) is 1.93. The normalized spacial score (nSPS) is 17.2. The van der Waals surface area contributed by atoms with Crippen LogP contribution in [0.3, 0.4) is 0 Å². The zero-order valence-corrected chi connectivity index (χ0v) is 13.5. The standard InChI is InChI=1S/C18H17N3OS/c19-12-16-8-11-23-18(16)20-17(22)13-21-9-6-15(7-10-21)14-4-2-1-3-5-14/h1-6,8,11H,7,9-10,13H2,(H,20,22)/p+1. The van der Waals surface area contributed by atoms with E-state index in [2.05, 4.69) is 41.7 Å². The van der Waals surface area contributed by atoms with Crippen LogP contribution in [0.5, 0.6) is 0 Å². The van der Waals surface area contributed by atoms with Gasteiger partial charge < -0.3 is 10.2 Å². The minimum absolute atomic E-state index is 0.0319. The highest BCUT2D eigenvalue weighted by atomic mass is 32.1. The Hall–Kier alpha value is -2.42. The van der Waals surface area contributed by atoms with Gasteiger partial charge in [0.05, 0.1) is 18.7 Å². The zero-order chi connectivity index (χ0) is 16.1. The minimum Gasteiger partial charge on any atom is -0.324 e. The number of amides is 1. The topological polar surface area (TPSA) is 57.3 Å². The van der Waals surface area contributed by atoms with Crippen LogP contribution in [-0.2, 0) is 4.79 Å². The third-order valence-electron chi connectivity index (χ3n) is 3.98. The van der Waals surface area contributed by atoms with Crippen LogP contribution in [0.1, 0.15) is 17.5 Å². The van der Waals surface area contributed by atoms with Crippen molar-refractivity contribution < 1.29 is 9.69 Å². The first-order valence-electron chi connectivity index (χ1n) is 7.61. The molecule has 0 aliphatic carbocycles. The molecule has 1 aromatic carbocycles. The monoisotopic (exact) mass is 324 g/mol. The average molecular weight is 324 g/mol. The van der Waals surface area contributed by atoms with E-state index < -0.39 is 0 Å². The van der Waals surface area contributed by atoms with Crippen molar-refractivity contribution in [3.05, 3.63) is 59.0 Å². The fraction of sp³-hybridized carbons (Fsp3) is 0.222. The summed E-state index contributed by atoms with van der Waals surface area (Å²) < 4.78 is 0. The van der Waals surface area contributed by atoms with Crippen LogP contribution >= 0.6 is 11.3 Å². The SMILES string of the molecule is N#Cc1ccsc1NC(=O)C[NH+]1CC=C(c2ccccc2)CC1. The van der Waals surface area contributed by atoms with Crippen molar-refractivity contribution in [2.45, 2.75) is 6.42 Å². The Labute approximate surface area is 139 Å². The Morgan fingerprint density at radius 3 is 2.83 bits per heavy atom. The molecular weight excluding hydrogens is 306 g/mol. The lowest BCUT2D eigenvalue weighted by Crippen LogP contribution is -3.13. The van der Waals surface area contributed by atoms with Crippen molar-refractivity contribution in [1.29, 1.82) is 5.26 Å². The van der Waals surface area contributed by atoms with Crippen LogP contribution in [0.15, 0.2) is 47.9 Å². The van der Waals surface area contributed by atoms with Gasteiger partial charge >= 0.3 is 0 Å². The zero-order valence-electron chi connectivity index (χ0n) is 12.7. The van der Waals surface area contributed by atoms with Gasteiger partial charge in [0, 0.05) is 6.42 Å². The second-order valence-corrected chi connectivity index (χ2v) is 6.47. The summed E-state index contributed by atoms with van der Waals surface area (Å²) in [5.41, 5.74) is 3.16. The maximum atomic E-state index is 12.1. The summed E-state index contributed by atoms with van der Waals surface area (Å²) in [4.78, 5) is 13.4. The number of nitrogens with zero attached hydrogens (tertiary/aromatic N) is 1. The molecule has 0 saturated carbocycles. The molecule has 1 aliphatic rings. The van der Waals surface area contributed by atoms with Crippen molar-refractivity contribution in [1.82, 2.24) is 0 Å². The summed E-state index contributed by atoms with van der Waals surface area (Å²) in [6, 6.07) is 14.2. The molecule has 4 nitrogen and oxygen atoms in total. The predicted molar refractivity (Wildman–Crippen MR) is 92.3 cm³/mol. The van der Waals surface area contributed by atoms with Crippen LogP contribution < -0.4 is 10.2 Å². The van der Waals surface area contributed by atoms with Crippen LogP contribution in [-0.4, -0.2) is 25.5 Å². The Morgan fingerprint density at radius 1 is 1.30 bits per heavy atom. The number of thiophene rings is 1. The molecule has 0 fully saturated rings. The summed E-state index contributed by atoms with van der Waals surface area (Å²) in [5.74, 6) is -0.0319. The summed E-state index contributed by atoms with van der Waals surface area (Å²) in [5, 5.41) is 14.3. The molecule has 1 atom stereocenters. The molecule has 1 aliphatic heterocycles. The third-order valence-corrected chi connectivity index (χ3v) is 4.81.